The number of nitrogens with two attached hydrogens (primary N) is 1. The lowest BCUT2D eigenvalue weighted by atomic mass is 10.1. The smallest absolute Gasteiger partial charge is 0.248 e. The van der Waals surface area contributed by atoms with Crippen LogP contribution < -0.4 is 11.1 Å². The van der Waals surface area contributed by atoms with Gasteiger partial charge >= 0.3 is 0 Å². The molecule has 1 aliphatic rings. The number of carbonyl (C=O) groups is 1. The van der Waals surface area contributed by atoms with Gasteiger partial charge in [0, 0.05) is 23.8 Å². The van der Waals surface area contributed by atoms with Gasteiger partial charge in [-0.05, 0) is 49.0 Å². The van der Waals surface area contributed by atoms with Crippen molar-refractivity contribution >= 4 is 16.8 Å². The van der Waals surface area contributed by atoms with Crippen molar-refractivity contribution in [3.63, 3.8) is 0 Å². The van der Waals surface area contributed by atoms with Gasteiger partial charge in [-0.15, -0.1) is 0 Å². The maximum Gasteiger partial charge on any atom is 0.248 e. The van der Waals surface area contributed by atoms with Gasteiger partial charge in [0.25, 0.3) is 0 Å². The number of amides is 1. The van der Waals surface area contributed by atoms with Crippen LogP contribution in [0, 0.1) is 5.92 Å². The number of aromatic nitrogens is 1. The van der Waals surface area contributed by atoms with E-state index in [1.165, 1.54) is 6.42 Å². The summed E-state index contributed by atoms with van der Waals surface area (Å²) in [6.07, 6.45) is 3.31. The first-order chi connectivity index (χ1) is 8.74. The summed E-state index contributed by atoms with van der Waals surface area (Å²) in [5.41, 5.74) is 7.00. The van der Waals surface area contributed by atoms with Crippen LogP contribution in [0.15, 0.2) is 30.5 Å². The topological polar surface area (TPSA) is 60.1 Å². The van der Waals surface area contributed by atoms with E-state index in [1.54, 1.807) is 6.07 Å². The van der Waals surface area contributed by atoms with E-state index >= 15 is 0 Å². The van der Waals surface area contributed by atoms with Crippen molar-refractivity contribution in [3.8, 4) is 0 Å². The van der Waals surface area contributed by atoms with Gasteiger partial charge in [0.1, 0.15) is 0 Å². The average Bonchev–Trinajstić information content (AvgIpc) is 2.99. The summed E-state index contributed by atoms with van der Waals surface area (Å²) in [7, 11) is 0. The second-order valence-electron chi connectivity index (χ2n) is 4.96. The van der Waals surface area contributed by atoms with E-state index < -0.39 is 0 Å². The first kappa shape index (κ1) is 11.3. The molecule has 4 heteroatoms. The summed E-state index contributed by atoms with van der Waals surface area (Å²) >= 11 is 0. The molecule has 1 amide bonds. The molecule has 94 valence electrons. The molecule has 0 aliphatic carbocycles. The molecule has 4 nitrogen and oxygen atoms in total. The van der Waals surface area contributed by atoms with Crippen molar-refractivity contribution < 1.29 is 4.79 Å². The van der Waals surface area contributed by atoms with Gasteiger partial charge in [0.05, 0.1) is 0 Å². The Kier molecular flexibility index (Phi) is 2.80. The second kappa shape index (κ2) is 4.46. The molecule has 0 spiro atoms. The molecule has 3 rings (SSSR count). The first-order valence-electron chi connectivity index (χ1n) is 6.33. The highest BCUT2D eigenvalue weighted by Crippen LogP contribution is 2.20. The largest absolute Gasteiger partial charge is 0.366 e. The van der Waals surface area contributed by atoms with Crippen LogP contribution in [0.3, 0.4) is 0 Å². The Morgan fingerprint density at radius 2 is 2.33 bits per heavy atom. The van der Waals surface area contributed by atoms with Gasteiger partial charge in [-0.3, -0.25) is 4.79 Å². The maximum atomic E-state index is 11.2. The SMILES string of the molecule is NC(=O)c1ccc2ccn(CC3CCNC3)c2c1. The molecule has 1 saturated heterocycles. The fourth-order valence-corrected chi connectivity index (χ4v) is 2.64. The number of fused-ring (bicyclic) bond motifs is 1. The van der Waals surface area contributed by atoms with Gasteiger partial charge in [-0.25, -0.2) is 0 Å². The summed E-state index contributed by atoms with van der Waals surface area (Å²) < 4.78 is 2.22. The molecule has 0 radical (unpaired) electrons. The van der Waals surface area contributed by atoms with E-state index in [0.717, 1.165) is 30.5 Å². The Balaban J connectivity index is 1.95. The minimum Gasteiger partial charge on any atom is -0.366 e. The van der Waals surface area contributed by atoms with Crippen LogP contribution in [0.4, 0.5) is 0 Å². The van der Waals surface area contributed by atoms with Crippen LogP contribution in [0.2, 0.25) is 0 Å². The average molecular weight is 243 g/mol. The van der Waals surface area contributed by atoms with Crippen molar-refractivity contribution in [3.05, 3.63) is 36.0 Å². The molecular weight excluding hydrogens is 226 g/mol. The molecule has 1 unspecified atom stereocenters. The highest BCUT2D eigenvalue weighted by atomic mass is 16.1. The van der Waals surface area contributed by atoms with Crippen LogP contribution in [0.25, 0.3) is 10.9 Å². The molecule has 1 aromatic carbocycles. The van der Waals surface area contributed by atoms with E-state index in [4.69, 9.17) is 5.73 Å². The summed E-state index contributed by atoms with van der Waals surface area (Å²) in [5.74, 6) is 0.310. The van der Waals surface area contributed by atoms with E-state index in [2.05, 4.69) is 22.1 Å². The molecule has 2 aromatic rings. The van der Waals surface area contributed by atoms with Gasteiger partial charge in [0.15, 0.2) is 0 Å². The summed E-state index contributed by atoms with van der Waals surface area (Å²) in [6, 6.07) is 7.72. The van der Waals surface area contributed by atoms with Crippen molar-refractivity contribution in [1.29, 1.82) is 0 Å². The minimum absolute atomic E-state index is 0.368. The standard InChI is InChI=1S/C14H17N3O/c15-14(18)12-2-1-11-4-6-17(13(11)7-12)9-10-3-5-16-8-10/h1-2,4,6-7,10,16H,3,5,8-9H2,(H2,15,18). The highest BCUT2D eigenvalue weighted by molar-refractivity contribution is 5.96. The van der Waals surface area contributed by atoms with E-state index in [9.17, 15) is 4.79 Å². The third-order valence-corrected chi connectivity index (χ3v) is 3.68. The molecule has 1 aromatic heterocycles. The lowest BCUT2D eigenvalue weighted by Crippen LogP contribution is -2.14. The van der Waals surface area contributed by atoms with Crippen LogP contribution in [-0.2, 0) is 6.54 Å². The quantitative estimate of drug-likeness (QED) is 0.855. The van der Waals surface area contributed by atoms with Gasteiger partial charge in [0.2, 0.25) is 5.91 Å². The third-order valence-electron chi connectivity index (χ3n) is 3.68. The van der Waals surface area contributed by atoms with Gasteiger partial charge in [-0.1, -0.05) is 6.07 Å². The molecule has 0 saturated carbocycles. The Morgan fingerprint density at radius 3 is 3.06 bits per heavy atom. The normalized spacial score (nSPS) is 19.4. The Labute approximate surface area is 106 Å². The molecule has 1 atom stereocenters. The van der Waals surface area contributed by atoms with E-state index in [1.807, 2.05) is 12.1 Å². The summed E-state index contributed by atoms with van der Waals surface area (Å²) in [4.78, 5) is 11.2. The molecule has 18 heavy (non-hydrogen) atoms. The van der Waals surface area contributed by atoms with E-state index in [0.29, 0.717) is 11.5 Å². The fraction of sp³-hybridized carbons (Fsp3) is 0.357. The number of hydrogen-bond acceptors (Lipinski definition) is 2. The van der Waals surface area contributed by atoms with Crippen molar-refractivity contribution in [2.75, 3.05) is 13.1 Å². The zero-order valence-electron chi connectivity index (χ0n) is 10.2. The number of nitrogens with one attached hydrogen (secondary N) is 1. The molecular formula is C14H17N3O. The van der Waals surface area contributed by atoms with Gasteiger partial charge < -0.3 is 15.6 Å². The number of nitrogens with zero attached hydrogens (tertiary/aromatic N) is 1. The Hall–Kier alpha value is -1.81. The second-order valence-corrected chi connectivity index (χ2v) is 4.96. The van der Waals surface area contributed by atoms with Crippen LogP contribution in [0.1, 0.15) is 16.8 Å². The number of primary amides is 1. The number of rotatable bonds is 3. The third kappa shape index (κ3) is 1.99. The maximum absolute atomic E-state index is 11.2. The molecule has 3 N–H and O–H groups in total. The number of benzene rings is 1. The highest BCUT2D eigenvalue weighted by Gasteiger charge is 2.15. The zero-order valence-corrected chi connectivity index (χ0v) is 10.2. The lowest BCUT2D eigenvalue weighted by molar-refractivity contribution is 0.100. The molecule has 1 aliphatic heterocycles. The summed E-state index contributed by atoms with van der Waals surface area (Å²) in [6.45, 7) is 3.18. The fourth-order valence-electron chi connectivity index (χ4n) is 2.64. The van der Waals surface area contributed by atoms with Crippen LogP contribution in [-0.4, -0.2) is 23.6 Å². The first-order valence-corrected chi connectivity index (χ1v) is 6.33. The molecule has 1 fully saturated rings. The Morgan fingerprint density at radius 1 is 1.44 bits per heavy atom. The van der Waals surface area contributed by atoms with Gasteiger partial charge in [-0.2, -0.15) is 0 Å². The predicted molar refractivity (Wildman–Crippen MR) is 71.4 cm³/mol. The van der Waals surface area contributed by atoms with Crippen LogP contribution >= 0.6 is 0 Å². The predicted octanol–water partition coefficient (Wildman–Crippen LogP) is 1.35. The van der Waals surface area contributed by atoms with Crippen molar-refractivity contribution in [2.24, 2.45) is 11.7 Å². The molecule has 0 bridgehead atoms. The Bertz CT molecular complexity index is 582. The lowest BCUT2D eigenvalue weighted by Gasteiger charge is -2.11. The number of carbonyl (C=O) groups excluding carboxylic acids is 1. The summed E-state index contributed by atoms with van der Waals surface area (Å²) in [5, 5.41) is 4.53. The molecule has 2 heterocycles. The van der Waals surface area contributed by atoms with Crippen LogP contribution in [0.5, 0.6) is 0 Å². The van der Waals surface area contributed by atoms with Crippen molar-refractivity contribution in [1.82, 2.24) is 9.88 Å². The minimum atomic E-state index is -0.368. The zero-order chi connectivity index (χ0) is 12.5. The van der Waals surface area contributed by atoms with Crippen molar-refractivity contribution in [2.45, 2.75) is 13.0 Å². The number of hydrogen-bond donors (Lipinski definition) is 2. The van der Waals surface area contributed by atoms with E-state index in [-0.39, 0.29) is 5.91 Å². The monoisotopic (exact) mass is 243 g/mol.